The van der Waals surface area contributed by atoms with E-state index < -0.39 is 0 Å². The summed E-state index contributed by atoms with van der Waals surface area (Å²) in [6.45, 7) is 0.955. The van der Waals surface area contributed by atoms with E-state index in [1.807, 2.05) is 30.3 Å². The molecule has 0 saturated carbocycles. The molecular formula is C20H26BrNO. The Morgan fingerprint density at radius 3 is 2.52 bits per heavy atom. The second-order valence-corrected chi connectivity index (χ2v) is 6.81. The first-order valence-corrected chi connectivity index (χ1v) is 9.17. The van der Waals surface area contributed by atoms with Crippen LogP contribution in [0.4, 0.5) is 0 Å². The molecule has 124 valence electrons. The molecular weight excluding hydrogens is 350 g/mol. The summed E-state index contributed by atoms with van der Waals surface area (Å²) in [6, 6.07) is 16.5. The molecule has 0 bridgehead atoms. The molecule has 0 aliphatic heterocycles. The monoisotopic (exact) mass is 375 g/mol. The van der Waals surface area contributed by atoms with Gasteiger partial charge in [-0.05, 0) is 60.8 Å². The van der Waals surface area contributed by atoms with Gasteiger partial charge in [0, 0.05) is 17.6 Å². The lowest BCUT2D eigenvalue weighted by atomic mass is 9.80. The first kappa shape index (κ1) is 18.2. The van der Waals surface area contributed by atoms with Gasteiger partial charge in [0.25, 0.3) is 0 Å². The van der Waals surface area contributed by atoms with Crippen LogP contribution in [0.25, 0.3) is 0 Å². The Kier molecular flexibility index (Phi) is 7.80. The third-order valence-corrected chi connectivity index (χ3v) is 5.03. The van der Waals surface area contributed by atoms with Crippen molar-refractivity contribution in [1.82, 2.24) is 0 Å². The summed E-state index contributed by atoms with van der Waals surface area (Å²) in [4.78, 5) is 0. The van der Waals surface area contributed by atoms with Gasteiger partial charge in [0.15, 0.2) is 0 Å². The number of hydrogen-bond donors (Lipinski definition) is 2. The molecule has 0 amide bonds. The minimum atomic E-state index is 0.316. The Morgan fingerprint density at radius 1 is 1.09 bits per heavy atom. The number of aliphatic hydroxyl groups is 1. The lowest BCUT2D eigenvalue weighted by molar-refractivity contribution is 0.277. The lowest BCUT2D eigenvalue weighted by Gasteiger charge is -2.26. The van der Waals surface area contributed by atoms with Crippen molar-refractivity contribution in [3.63, 3.8) is 0 Å². The van der Waals surface area contributed by atoms with Gasteiger partial charge in [-0.15, -0.1) is 0 Å². The molecule has 1 aliphatic carbocycles. The number of aliphatic hydroxyl groups excluding tert-OH is 1. The molecule has 0 radical (unpaired) electrons. The van der Waals surface area contributed by atoms with Crippen LogP contribution in [0.3, 0.4) is 0 Å². The van der Waals surface area contributed by atoms with Gasteiger partial charge in [-0.25, -0.2) is 0 Å². The van der Waals surface area contributed by atoms with Gasteiger partial charge >= 0.3 is 0 Å². The number of benzene rings is 2. The van der Waals surface area contributed by atoms with E-state index in [2.05, 4.69) is 34.1 Å². The maximum Gasteiger partial charge on any atom is 0.0431 e. The summed E-state index contributed by atoms with van der Waals surface area (Å²) in [5.74, 6) is 0.650. The molecule has 0 saturated heterocycles. The van der Waals surface area contributed by atoms with E-state index >= 15 is 0 Å². The van der Waals surface area contributed by atoms with Crippen LogP contribution in [0.2, 0.25) is 0 Å². The molecule has 2 aromatic carbocycles. The van der Waals surface area contributed by atoms with Crippen molar-refractivity contribution in [3.8, 4) is 0 Å². The quantitative estimate of drug-likeness (QED) is 0.806. The van der Waals surface area contributed by atoms with E-state index in [4.69, 9.17) is 10.8 Å². The molecule has 0 fully saturated rings. The highest BCUT2D eigenvalue weighted by Crippen LogP contribution is 2.38. The maximum absolute atomic E-state index is 8.90. The molecule has 2 nitrogen and oxygen atoms in total. The Hall–Kier alpha value is -1.16. The van der Waals surface area contributed by atoms with E-state index in [0.29, 0.717) is 19.1 Å². The number of rotatable bonds is 4. The molecule has 3 N–H and O–H groups in total. The lowest BCUT2D eigenvalue weighted by Crippen LogP contribution is -2.11. The first-order valence-electron chi connectivity index (χ1n) is 8.38. The van der Waals surface area contributed by atoms with Gasteiger partial charge < -0.3 is 10.8 Å². The average Bonchev–Trinajstić information content (AvgIpc) is 2.61. The molecule has 2 aromatic rings. The minimum absolute atomic E-state index is 0.316. The van der Waals surface area contributed by atoms with E-state index in [1.165, 1.54) is 40.4 Å². The van der Waals surface area contributed by atoms with Crippen LogP contribution in [-0.4, -0.2) is 11.7 Å². The average molecular weight is 376 g/mol. The molecule has 3 rings (SSSR count). The maximum atomic E-state index is 8.90. The second kappa shape index (κ2) is 9.86. The summed E-state index contributed by atoms with van der Waals surface area (Å²) in [7, 11) is 0. The van der Waals surface area contributed by atoms with E-state index in [9.17, 15) is 0 Å². The number of halogens is 1. The highest BCUT2D eigenvalue weighted by molar-refractivity contribution is 9.10. The fourth-order valence-electron chi connectivity index (χ4n) is 3.18. The van der Waals surface area contributed by atoms with Crippen molar-refractivity contribution in [2.24, 2.45) is 5.73 Å². The molecule has 23 heavy (non-hydrogen) atoms. The Labute approximate surface area is 147 Å². The first-order chi connectivity index (χ1) is 11.3. The van der Waals surface area contributed by atoms with Crippen molar-refractivity contribution in [2.45, 2.75) is 44.6 Å². The molecule has 0 aromatic heterocycles. The molecule has 0 heterocycles. The fraction of sp³-hybridized carbons (Fsp3) is 0.400. The summed E-state index contributed by atoms with van der Waals surface area (Å²) in [6.07, 6.45) is 5.82. The van der Waals surface area contributed by atoms with Crippen molar-refractivity contribution in [3.05, 3.63) is 69.7 Å². The highest BCUT2D eigenvalue weighted by Gasteiger charge is 2.21. The van der Waals surface area contributed by atoms with Gasteiger partial charge in [0.1, 0.15) is 0 Å². The molecule has 0 unspecified atom stereocenters. The molecule has 3 heteroatoms. The van der Waals surface area contributed by atoms with Gasteiger partial charge in [-0.1, -0.05) is 58.4 Å². The van der Waals surface area contributed by atoms with Crippen LogP contribution in [0.1, 0.15) is 48.3 Å². The molecule has 1 aliphatic rings. The Balaban J connectivity index is 0.000000203. The van der Waals surface area contributed by atoms with Crippen LogP contribution in [-0.2, 0) is 13.0 Å². The topological polar surface area (TPSA) is 46.2 Å². The van der Waals surface area contributed by atoms with Crippen LogP contribution in [0.5, 0.6) is 0 Å². The van der Waals surface area contributed by atoms with E-state index in [-0.39, 0.29) is 0 Å². The van der Waals surface area contributed by atoms with E-state index in [0.717, 1.165) is 12.8 Å². The zero-order chi connectivity index (χ0) is 16.5. The van der Waals surface area contributed by atoms with Gasteiger partial charge in [0.05, 0.1) is 0 Å². The van der Waals surface area contributed by atoms with Gasteiger partial charge in [-0.3, -0.25) is 0 Å². The summed E-state index contributed by atoms with van der Waals surface area (Å²) < 4.78 is 1.25. The number of nitrogens with two attached hydrogens (primary N) is 1. The third kappa shape index (κ3) is 5.45. The fourth-order valence-corrected chi connectivity index (χ4v) is 3.91. The van der Waals surface area contributed by atoms with Gasteiger partial charge in [-0.2, -0.15) is 0 Å². The summed E-state index contributed by atoms with van der Waals surface area (Å²) in [5.41, 5.74) is 9.53. The Bertz CT molecular complexity index is 585. The number of aryl methyl sites for hydroxylation is 1. The van der Waals surface area contributed by atoms with Crippen molar-refractivity contribution < 1.29 is 5.11 Å². The largest absolute Gasteiger partial charge is 0.396 e. The number of hydrogen-bond acceptors (Lipinski definition) is 2. The predicted octanol–water partition coefficient (Wildman–Crippen LogP) is 4.79. The number of fused-ring (bicyclic) bond motifs is 1. The predicted molar refractivity (Wildman–Crippen MR) is 100 cm³/mol. The zero-order valence-corrected chi connectivity index (χ0v) is 15.1. The summed E-state index contributed by atoms with van der Waals surface area (Å²) in [5, 5.41) is 8.90. The van der Waals surface area contributed by atoms with Crippen molar-refractivity contribution in [2.75, 3.05) is 6.61 Å². The third-order valence-electron chi connectivity index (χ3n) is 4.34. The van der Waals surface area contributed by atoms with Crippen molar-refractivity contribution >= 4 is 15.9 Å². The second-order valence-electron chi connectivity index (χ2n) is 5.96. The van der Waals surface area contributed by atoms with Gasteiger partial charge in [0.2, 0.25) is 0 Å². The Morgan fingerprint density at radius 2 is 1.87 bits per heavy atom. The van der Waals surface area contributed by atoms with E-state index in [1.54, 1.807) is 0 Å². The summed E-state index contributed by atoms with van der Waals surface area (Å²) >= 11 is 3.65. The normalized spacial score (nSPS) is 16.2. The smallest absolute Gasteiger partial charge is 0.0431 e. The van der Waals surface area contributed by atoms with Crippen LogP contribution in [0, 0.1) is 0 Å². The van der Waals surface area contributed by atoms with Crippen molar-refractivity contribution in [1.29, 1.82) is 0 Å². The molecule has 0 spiro atoms. The van der Waals surface area contributed by atoms with Crippen LogP contribution < -0.4 is 5.73 Å². The highest BCUT2D eigenvalue weighted by atomic mass is 79.9. The standard InChI is InChI=1S/C13H17BrO.C7H9N/c14-12-8-2-6-10-4-1-5-11(13(10)12)7-3-9-15;8-6-7-4-2-1-3-5-7/h2,6,8,11,15H,1,3-5,7,9H2;1-5H,6,8H2/t11-;/m1./s1. The van der Waals surface area contributed by atoms with Crippen LogP contribution in [0.15, 0.2) is 53.0 Å². The minimum Gasteiger partial charge on any atom is -0.396 e. The zero-order valence-electron chi connectivity index (χ0n) is 13.5. The molecule has 1 atom stereocenters. The van der Waals surface area contributed by atoms with Crippen LogP contribution >= 0.6 is 15.9 Å². The SMILES string of the molecule is NCc1ccccc1.OCCC[C@H]1CCCc2cccc(Br)c21.